The molecule has 5 heteroatoms. The summed E-state index contributed by atoms with van der Waals surface area (Å²) in [6.07, 6.45) is 2.59. The van der Waals surface area contributed by atoms with Gasteiger partial charge >= 0.3 is 0 Å². The van der Waals surface area contributed by atoms with E-state index in [9.17, 15) is 5.11 Å². The largest absolute Gasteiger partial charge is 0.496 e. The minimum atomic E-state index is -0.831. The number of methoxy groups -OCH3 is 1. The maximum absolute atomic E-state index is 10.3. The van der Waals surface area contributed by atoms with Gasteiger partial charge in [-0.1, -0.05) is 17.7 Å². The first-order chi connectivity index (χ1) is 8.13. The maximum atomic E-state index is 10.3. The zero-order valence-electron chi connectivity index (χ0n) is 9.59. The number of aliphatic hydroxyl groups excluding tert-OH is 1. The highest BCUT2D eigenvalue weighted by Gasteiger charge is 2.19. The molecular formula is C12H13ClN2O2. The molecule has 2 rings (SSSR count). The van der Waals surface area contributed by atoms with Crippen molar-refractivity contribution in [3.8, 4) is 5.75 Å². The highest BCUT2D eigenvalue weighted by atomic mass is 35.5. The lowest BCUT2D eigenvalue weighted by Crippen LogP contribution is -2.08. The number of halogens is 1. The van der Waals surface area contributed by atoms with Crippen LogP contribution in [0.4, 0.5) is 0 Å². The number of aryl methyl sites for hydroxylation is 1. The monoisotopic (exact) mass is 252 g/mol. The van der Waals surface area contributed by atoms with Gasteiger partial charge in [-0.2, -0.15) is 0 Å². The Balaban J connectivity index is 2.44. The van der Waals surface area contributed by atoms with Gasteiger partial charge in [0.25, 0.3) is 0 Å². The molecule has 0 spiro atoms. The average molecular weight is 253 g/mol. The fraction of sp³-hybridized carbons (Fsp3) is 0.250. The fourth-order valence-corrected chi connectivity index (χ4v) is 1.85. The Hall–Kier alpha value is -1.52. The van der Waals surface area contributed by atoms with Crippen LogP contribution < -0.4 is 4.74 Å². The topological polar surface area (TPSA) is 47.3 Å². The third-order valence-corrected chi connectivity index (χ3v) is 2.83. The Morgan fingerprint density at radius 1 is 1.47 bits per heavy atom. The second-order valence-electron chi connectivity index (χ2n) is 3.69. The summed E-state index contributed by atoms with van der Waals surface area (Å²) in [5.41, 5.74) is 0.645. The minimum absolute atomic E-state index is 0.549. The maximum Gasteiger partial charge on any atom is 0.142 e. The van der Waals surface area contributed by atoms with Gasteiger partial charge in [0.2, 0.25) is 0 Å². The number of ether oxygens (including phenoxy) is 1. The van der Waals surface area contributed by atoms with Crippen molar-refractivity contribution in [2.24, 2.45) is 7.05 Å². The summed E-state index contributed by atoms with van der Waals surface area (Å²) in [5.74, 6) is 1.11. The van der Waals surface area contributed by atoms with Crippen LogP contribution in [0.15, 0.2) is 30.6 Å². The smallest absolute Gasteiger partial charge is 0.142 e. The molecule has 1 aromatic heterocycles. The summed E-state index contributed by atoms with van der Waals surface area (Å²) in [4.78, 5) is 4.11. The number of hydrogen-bond donors (Lipinski definition) is 1. The molecule has 0 saturated carbocycles. The molecule has 1 aromatic carbocycles. The zero-order chi connectivity index (χ0) is 12.4. The van der Waals surface area contributed by atoms with E-state index in [0.29, 0.717) is 22.2 Å². The van der Waals surface area contributed by atoms with Gasteiger partial charge in [-0.3, -0.25) is 0 Å². The van der Waals surface area contributed by atoms with Crippen LogP contribution in [0, 0.1) is 0 Å². The molecule has 2 aromatic rings. The Morgan fingerprint density at radius 3 is 2.82 bits per heavy atom. The molecule has 0 fully saturated rings. The van der Waals surface area contributed by atoms with E-state index in [0.717, 1.165) is 0 Å². The molecule has 0 aliphatic rings. The van der Waals surface area contributed by atoms with Gasteiger partial charge in [-0.15, -0.1) is 0 Å². The van der Waals surface area contributed by atoms with Crippen LogP contribution in [0.1, 0.15) is 17.5 Å². The number of hydrogen-bond acceptors (Lipinski definition) is 3. The summed E-state index contributed by atoms with van der Waals surface area (Å²) >= 11 is 5.87. The van der Waals surface area contributed by atoms with Gasteiger partial charge in [0.1, 0.15) is 17.7 Å². The van der Waals surface area contributed by atoms with Gasteiger partial charge in [-0.25, -0.2) is 4.98 Å². The van der Waals surface area contributed by atoms with Crippen LogP contribution in [0.2, 0.25) is 5.02 Å². The molecule has 1 unspecified atom stereocenters. The van der Waals surface area contributed by atoms with Crippen molar-refractivity contribution in [2.45, 2.75) is 6.10 Å². The summed E-state index contributed by atoms with van der Waals surface area (Å²) in [5, 5.41) is 10.8. The van der Waals surface area contributed by atoms with Crippen molar-refractivity contribution >= 4 is 11.6 Å². The van der Waals surface area contributed by atoms with Crippen molar-refractivity contribution in [3.05, 3.63) is 47.0 Å². The molecule has 0 saturated heterocycles. The second-order valence-corrected chi connectivity index (χ2v) is 4.12. The van der Waals surface area contributed by atoms with Crippen LogP contribution >= 0.6 is 11.6 Å². The Kier molecular flexibility index (Phi) is 3.36. The first-order valence-corrected chi connectivity index (χ1v) is 5.50. The first-order valence-electron chi connectivity index (χ1n) is 5.12. The molecule has 0 aliphatic carbocycles. The molecule has 17 heavy (non-hydrogen) atoms. The minimum Gasteiger partial charge on any atom is -0.496 e. The van der Waals surface area contributed by atoms with Crippen LogP contribution in [-0.2, 0) is 7.05 Å². The lowest BCUT2D eigenvalue weighted by Gasteiger charge is -2.14. The number of nitrogens with zero attached hydrogens (tertiary/aromatic N) is 2. The van der Waals surface area contributed by atoms with Gasteiger partial charge in [0.05, 0.1) is 7.11 Å². The number of imidazole rings is 1. The second kappa shape index (κ2) is 4.77. The Morgan fingerprint density at radius 2 is 2.24 bits per heavy atom. The summed E-state index contributed by atoms with van der Waals surface area (Å²) in [6.45, 7) is 0. The van der Waals surface area contributed by atoms with Crippen LogP contribution in [0.5, 0.6) is 5.75 Å². The van der Waals surface area contributed by atoms with Crippen molar-refractivity contribution in [2.75, 3.05) is 7.11 Å². The predicted molar refractivity (Wildman–Crippen MR) is 65.3 cm³/mol. The van der Waals surface area contributed by atoms with E-state index in [4.69, 9.17) is 16.3 Å². The average Bonchev–Trinajstić information content (AvgIpc) is 2.74. The van der Waals surface area contributed by atoms with E-state index in [1.165, 1.54) is 0 Å². The fourth-order valence-electron chi connectivity index (χ4n) is 1.69. The van der Waals surface area contributed by atoms with Crippen LogP contribution in [0.25, 0.3) is 0 Å². The number of aliphatic hydroxyl groups is 1. The highest BCUT2D eigenvalue weighted by molar-refractivity contribution is 6.30. The molecular weight excluding hydrogens is 240 g/mol. The third-order valence-electron chi connectivity index (χ3n) is 2.59. The normalized spacial score (nSPS) is 12.5. The Bertz CT molecular complexity index is 525. The van der Waals surface area contributed by atoms with Gasteiger partial charge in [0, 0.05) is 30.0 Å². The van der Waals surface area contributed by atoms with Crippen molar-refractivity contribution in [3.63, 3.8) is 0 Å². The number of rotatable bonds is 3. The predicted octanol–water partition coefficient (Wildman–Crippen LogP) is 2.16. The number of aromatic nitrogens is 2. The lowest BCUT2D eigenvalue weighted by molar-refractivity contribution is 0.201. The molecule has 1 heterocycles. The molecule has 0 bridgehead atoms. The molecule has 0 amide bonds. The van der Waals surface area contributed by atoms with E-state index >= 15 is 0 Å². The lowest BCUT2D eigenvalue weighted by atomic mass is 10.1. The van der Waals surface area contributed by atoms with E-state index < -0.39 is 6.10 Å². The molecule has 90 valence electrons. The molecule has 0 radical (unpaired) electrons. The number of benzene rings is 1. The summed E-state index contributed by atoms with van der Waals surface area (Å²) in [7, 11) is 3.37. The van der Waals surface area contributed by atoms with E-state index in [2.05, 4.69) is 4.98 Å². The summed E-state index contributed by atoms with van der Waals surface area (Å²) in [6, 6.07) is 5.12. The molecule has 1 atom stereocenters. The van der Waals surface area contributed by atoms with E-state index in [1.54, 1.807) is 42.3 Å². The van der Waals surface area contributed by atoms with Crippen LogP contribution in [0.3, 0.4) is 0 Å². The van der Waals surface area contributed by atoms with E-state index in [1.807, 2.05) is 7.05 Å². The van der Waals surface area contributed by atoms with Crippen molar-refractivity contribution in [1.29, 1.82) is 0 Å². The first kappa shape index (κ1) is 12.0. The molecule has 1 N–H and O–H groups in total. The molecule has 4 nitrogen and oxygen atoms in total. The van der Waals surface area contributed by atoms with Crippen molar-refractivity contribution < 1.29 is 9.84 Å². The zero-order valence-corrected chi connectivity index (χ0v) is 10.3. The Labute approximate surface area is 104 Å². The molecule has 0 aliphatic heterocycles. The van der Waals surface area contributed by atoms with Gasteiger partial charge in [-0.05, 0) is 12.1 Å². The quantitative estimate of drug-likeness (QED) is 0.911. The van der Waals surface area contributed by atoms with Crippen LogP contribution in [-0.4, -0.2) is 21.8 Å². The SMILES string of the molecule is COc1cc(Cl)ccc1C(O)c1nccn1C. The third kappa shape index (κ3) is 2.28. The van der Waals surface area contributed by atoms with Crippen molar-refractivity contribution in [1.82, 2.24) is 9.55 Å². The standard InChI is InChI=1S/C12H13ClN2O2/c1-15-6-5-14-12(15)11(16)9-4-3-8(13)7-10(9)17-2/h3-7,11,16H,1-2H3. The van der Waals surface area contributed by atoms with Gasteiger partial charge in [0.15, 0.2) is 0 Å². The van der Waals surface area contributed by atoms with Gasteiger partial charge < -0.3 is 14.4 Å². The summed E-state index contributed by atoms with van der Waals surface area (Å²) < 4.78 is 6.97. The highest BCUT2D eigenvalue weighted by Crippen LogP contribution is 2.31. The van der Waals surface area contributed by atoms with E-state index in [-0.39, 0.29) is 0 Å².